The molecule has 0 unspecified atom stereocenters. The summed E-state index contributed by atoms with van der Waals surface area (Å²) in [5.74, 6) is 1.65. The summed E-state index contributed by atoms with van der Waals surface area (Å²) < 4.78 is 10.7. The molecular formula is C18H17N3O2. The SMILES string of the molecule is Cc1noc(C)c1-c1cc2c(c(-c3c(C)noc3C)c1)CN=C2. The fourth-order valence-corrected chi connectivity index (χ4v) is 3.35. The molecule has 0 amide bonds. The van der Waals surface area contributed by atoms with Crippen molar-refractivity contribution < 1.29 is 9.05 Å². The van der Waals surface area contributed by atoms with Crippen LogP contribution in [0.2, 0.25) is 0 Å². The van der Waals surface area contributed by atoms with E-state index in [4.69, 9.17) is 9.05 Å². The van der Waals surface area contributed by atoms with Gasteiger partial charge in [0.2, 0.25) is 0 Å². The molecule has 0 N–H and O–H groups in total. The molecule has 0 saturated carbocycles. The molecule has 0 atom stereocenters. The molecule has 3 aromatic rings. The van der Waals surface area contributed by atoms with Gasteiger partial charge in [0.15, 0.2) is 0 Å². The van der Waals surface area contributed by atoms with Gasteiger partial charge in [0.05, 0.1) is 17.9 Å². The average molecular weight is 307 g/mol. The van der Waals surface area contributed by atoms with Crippen LogP contribution in [0, 0.1) is 27.7 Å². The molecule has 1 aliphatic rings. The fraction of sp³-hybridized carbons (Fsp3) is 0.278. The number of aryl methyl sites for hydroxylation is 4. The number of nitrogens with zero attached hydrogens (tertiary/aromatic N) is 3. The van der Waals surface area contributed by atoms with E-state index in [-0.39, 0.29) is 0 Å². The van der Waals surface area contributed by atoms with Crippen molar-refractivity contribution in [1.29, 1.82) is 0 Å². The normalized spacial score (nSPS) is 12.9. The summed E-state index contributed by atoms with van der Waals surface area (Å²) in [6.45, 7) is 8.50. The van der Waals surface area contributed by atoms with Gasteiger partial charge >= 0.3 is 0 Å². The first-order valence-electron chi connectivity index (χ1n) is 7.59. The number of rotatable bonds is 2. The smallest absolute Gasteiger partial charge is 0.141 e. The van der Waals surface area contributed by atoms with Crippen molar-refractivity contribution in [2.75, 3.05) is 0 Å². The van der Waals surface area contributed by atoms with Crippen LogP contribution in [-0.4, -0.2) is 16.5 Å². The number of hydrogen-bond donors (Lipinski definition) is 0. The van der Waals surface area contributed by atoms with Crippen molar-refractivity contribution in [2.24, 2.45) is 4.99 Å². The molecule has 5 heteroatoms. The van der Waals surface area contributed by atoms with Gasteiger partial charge in [-0.1, -0.05) is 10.3 Å². The summed E-state index contributed by atoms with van der Waals surface area (Å²) in [6.07, 6.45) is 1.93. The molecule has 0 radical (unpaired) electrons. The van der Waals surface area contributed by atoms with Gasteiger partial charge < -0.3 is 9.05 Å². The lowest BCUT2D eigenvalue weighted by atomic mass is 9.90. The van der Waals surface area contributed by atoms with Crippen LogP contribution in [0.25, 0.3) is 22.3 Å². The Morgan fingerprint density at radius 3 is 2.13 bits per heavy atom. The summed E-state index contributed by atoms with van der Waals surface area (Å²) in [5, 5.41) is 8.17. The molecule has 5 nitrogen and oxygen atoms in total. The molecule has 0 fully saturated rings. The maximum Gasteiger partial charge on any atom is 0.141 e. The molecular weight excluding hydrogens is 290 g/mol. The van der Waals surface area contributed by atoms with Gasteiger partial charge in [-0.3, -0.25) is 4.99 Å². The second-order valence-electron chi connectivity index (χ2n) is 5.96. The van der Waals surface area contributed by atoms with Gasteiger partial charge in [0.1, 0.15) is 11.5 Å². The highest BCUT2D eigenvalue weighted by Gasteiger charge is 2.22. The average Bonchev–Trinajstić information content (AvgIpc) is 3.19. The van der Waals surface area contributed by atoms with Gasteiger partial charge in [0.25, 0.3) is 0 Å². The third-order valence-electron chi connectivity index (χ3n) is 4.39. The standard InChI is InChI=1S/C18H17N3O2/c1-9-17(11(3)22-20-9)13-5-14-7-19-8-16(14)15(6-13)18-10(2)21-23-12(18)4/h5-7H,8H2,1-4H3. The Kier molecular flexibility index (Phi) is 2.98. The molecule has 0 saturated heterocycles. The first-order chi connectivity index (χ1) is 11.1. The van der Waals surface area contributed by atoms with Crippen molar-refractivity contribution in [3.63, 3.8) is 0 Å². The number of aromatic nitrogens is 2. The largest absolute Gasteiger partial charge is 0.361 e. The molecule has 1 aliphatic heterocycles. The second-order valence-corrected chi connectivity index (χ2v) is 5.96. The van der Waals surface area contributed by atoms with Gasteiger partial charge in [-0.2, -0.15) is 0 Å². The molecule has 116 valence electrons. The Morgan fingerprint density at radius 2 is 1.52 bits per heavy atom. The predicted octanol–water partition coefficient (Wildman–Crippen LogP) is 4.16. The fourth-order valence-electron chi connectivity index (χ4n) is 3.35. The summed E-state index contributed by atoms with van der Waals surface area (Å²) >= 11 is 0. The molecule has 0 bridgehead atoms. The first-order valence-corrected chi connectivity index (χ1v) is 7.59. The zero-order valence-electron chi connectivity index (χ0n) is 13.6. The second kappa shape index (κ2) is 4.91. The van der Waals surface area contributed by atoms with E-state index in [1.54, 1.807) is 0 Å². The van der Waals surface area contributed by atoms with Crippen LogP contribution in [-0.2, 0) is 6.54 Å². The van der Waals surface area contributed by atoms with Crippen LogP contribution >= 0.6 is 0 Å². The number of aliphatic imine (C=N–C) groups is 1. The van der Waals surface area contributed by atoms with Crippen molar-refractivity contribution in [3.05, 3.63) is 46.2 Å². The zero-order valence-corrected chi connectivity index (χ0v) is 13.6. The highest BCUT2D eigenvalue weighted by Crippen LogP contribution is 2.38. The molecule has 4 rings (SSSR count). The molecule has 0 aliphatic carbocycles. The van der Waals surface area contributed by atoms with Crippen LogP contribution in [0.4, 0.5) is 0 Å². The number of fused-ring (bicyclic) bond motifs is 1. The maximum atomic E-state index is 5.37. The van der Waals surface area contributed by atoms with E-state index in [2.05, 4.69) is 27.4 Å². The molecule has 3 heterocycles. The minimum absolute atomic E-state index is 0.691. The Balaban J connectivity index is 2.02. The number of benzene rings is 1. The third-order valence-corrected chi connectivity index (χ3v) is 4.39. The Morgan fingerprint density at radius 1 is 0.870 bits per heavy atom. The van der Waals surface area contributed by atoms with E-state index in [0.29, 0.717) is 6.54 Å². The Hall–Kier alpha value is -2.69. The maximum absolute atomic E-state index is 5.37. The van der Waals surface area contributed by atoms with Crippen LogP contribution in [0.5, 0.6) is 0 Å². The highest BCUT2D eigenvalue weighted by atomic mass is 16.5. The van der Waals surface area contributed by atoms with Crippen molar-refractivity contribution in [3.8, 4) is 22.3 Å². The van der Waals surface area contributed by atoms with Crippen LogP contribution in [0.1, 0.15) is 34.0 Å². The molecule has 2 aromatic heterocycles. The van der Waals surface area contributed by atoms with Crippen molar-refractivity contribution in [1.82, 2.24) is 10.3 Å². The lowest BCUT2D eigenvalue weighted by Gasteiger charge is -2.11. The predicted molar refractivity (Wildman–Crippen MR) is 87.7 cm³/mol. The van der Waals surface area contributed by atoms with Gasteiger partial charge in [-0.05, 0) is 62.1 Å². The molecule has 0 spiro atoms. The zero-order chi connectivity index (χ0) is 16.1. The summed E-state index contributed by atoms with van der Waals surface area (Å²) in [6, 6.07) is 4.33. The van der Waals surface area contributed by atoms with E-state index in [9.17, 15) is 0 Å². The monoisotopic (exact) mass is 307 g/mol. The highest BCUT2D eigenvalue weighted by molar-refractivity contribution is 5.93. The topological polar surface area (TPSA) is 64.4 Å². The molecule has 23 heavy (non-hydrogen) atoms. The Labute approximate surface area is 134 Å². The third kappa shape index (κ3) is 2.04. The minimum atomic E-state index is 0.691. The summed E-state index contributed by atoms with van der Waals surface area (Å²) in [4.78, 5) is 4.43. The van der Waals surface area contributed by atoms with Crippen molar-refractivity contribution in [2.45, 2.75) is 34.2 Å². The van der Waals surface area contributed by atoms with Crippen molar-refractivity contribution >= 4 is 6.21 Å². The number of hydrogen-bond acceptors (Lipinski definition) is 5. The van der Waals surface area contributed by atoms with Gasteiger partial charge in [-0.15, -0.1) is 0 Å². The van der Waals surface area contributed by atoms with E-state index >= 15 is 0 Å². The quantitative estimate of drug-likeness (QED) is 0.713. The van der Waals surface area contributed by atoms with E-state index in [0.717, 1.165) is 50.7 Å². The van der Waals surface area contributed by atoms with Crippen LogP contribution in [0.3, 0.4) is 0 Å². The van der Waals surface area contributed by atoms with E-state index in [1.807, 2.05) is 33.9 Å². The molecule has 1 aromatic carbocycles. The lowest BCUT2D eigenvalue weighted by molar-refractivity contribution is 0.393. The first kappa shape index (κ1) is 13.9. The summed E-state index contributed by atoms with van der Waals surface area (Å²) in [5.41, 5.74) is 8.46. The van der Waals surface area contributed by atoms with Crippen LogP contribution < -0.4 is 0 Å². The van der Waals surface area contributed by atoms with Crippen LogP contribution in [0.15, 0.2) is 26.2 Å². The van der Waals surface area contributed by atoms with Gasteiger partial charge in [0, 0.05) is 17.3 Å². The lowest BCUT2D eigenvalue weighted by Crippen LogP contribution is -1.95. The summed E-state index contributed by atoms with van der Waals surface area (Å²) in [7, 11) is 0. The van der Waals surface area contributed by atoms with E-state index < -0.39 is 0 Å². The van der Waals surface area contributed by atoms with Gasteiger partial charge in [-0.25, -0.2) is 0 Å². The Bertz CT molecular complexity index is 909. The minimum Gasteiger partial charge on any atom is -0.361 e. The van der Waals surface area contributed by atoms with E-state index in [1.165, 1.54) is 5.56 Å².